The van der Waals surface area contributed by atoms with E-state index in [4.69, 9.17) is 4.74 Å². The number of ether oxygens (including phenoxy) is 1. The van der Waals surface area contributed by atoms with Crippen LogP contribution in [-0.2, 0) is 9.53 Å². The highest BCUT2D eigenvalue weighted by Gasteiger charge is 2.18. The van der Waals surface area contributed by atoms with Crippen LogP contribution in [-0.4, -0.2) is 25.7 Å². The number of benzene rings is 1. The van der Waals surface area contributed by atoms with Gasteiger partial charge < -0.3 is 9.64 Å². The zero-order chi connectivity index (χ0) is 13.7. The second-order valence-electron chi connectivity index (χ2n) is 5.44. The minimum atomic E-state index is -0.115. The van der Waals surface area contributed by atoms with Crippen LogP contribution in [0.5, 0.6) is 0 Å². The van der Waals surface area contributed by atoms with Gasteiger partial charge in [-0.1, -0.05) is 18.6 Å². The van der Waals surface area contributed by atoms with Crippen LogP contribution in [0, 0.1) is 6.92 Å². The van der Waals surface area contributed by atoms with Crippen molar-refractivity contribution in [2.24, 2.45) is 0 Å². The number of carbonyl (C=O) groups is 1. The van der Waals surface area contributed by atoms with E-state index in [1.165, 1.54) is 24.8 Å². The molecule has 0 atom stereocenters. The quantitative estimate of drug-likeness (QED) is 0.779. The van der Waals surface area contributed by atoms with Crippen LogP contribution in [0.25, 0.3) is 0 Å². The van der Waals surface area contributed by atoms with Crippen molar-refractivity contribution in [1.29, 1.82) is 0 Å². The molecule has 1 saturated carbocycles. The molecule has 1 aromatic carbocycles. The van der Waals surface area contributed by atoms with E-state index >= 15 is 0 Å². The molecule has 3 nitrogen and oxygen atoms in total. The largest absolute Gasteiger partial charge is 0.461 e. The van der Waals surface area contributed by atoms with E-state index in [2.05, 4.69) is 19.1 Å². The summed E-state index contributed by atoms with van der Waals surface area (Å²) in [4.78, 5) is 13.9. The monoisotopic (exact) mass is 261 g/mol. The SMILES string of the molecule is Cc1cccc(N(C)CC(=O)OC2CCCCC2)c1. The average Bonchev–Trinajstić information content (AvgIpc) is 2.39. The lowest BCUT2D eigenvalue weighted by molar-refractivity contribution is -0.148. The first-order valence-corrected chi connectivity index (χ1v) is 7.12. The minimum absolute atomic E-state index is 0.115. The number of aryl methyl sites for hydroxylation is 1. The van der Waals surface area contributed by atoms with Crippen molar-refractivity contribution < 1.29 is 9.53 Å². The molecule has 0 radical (unpaired) electrons. The van der Waals surface area contributed by atoms with Crippen molar-refractivity contribution in [3.63, 3.8) is 0 Å². The summed E-state index contributed by atoms with van der Waals surface area (Å²) in [5.74, 6) is -0.115. The lowest BCUT2D eigenvalue weighted by Crippen LogP contribution is -2.30. The maximum atomic E-state index is 11.9. The molecule has 3 heteroatoms. The van der Waals surface area contributed by atoms with Gasteiger partial charge in [-0.05, 0) is 50.3 Å². The highest BCUT2D eigenvalue weighted by molar-refractivity contribution is 5.75. The lowest BCUT2D eigenvalue weighted by Gasteiger charge is -2.24. The van der Waals surface area contributed by atoms with Gasteiger partial charge in [-0.25, -0.2) is 0 Å². The van der Waals surface area contributed by atoms with Gasteiger partial charge in [0.2, 0.25) is 0 Å². The molecule has 104 valence electrons. The van der Waals surface area contributed by atoms with Crippen LogP contribution in [0.15, 0.2) is 24.3 Å². The van der Waals surface area contributed by atoms with Crippen LogP contribution in [0.1, 0.15) is 37.7 Å². The lowest BCUT2D eigenvalue weighted by atomic mass is 9.98. The van der Waals surface area contributed by atoms with Crippen LogP contribution < -0.4 is 4.90 Å². The predicted molar refractivity (Wildman–Crippen MR) is 77.4 cm³/mol. The molecule has 0 amide bonds. The number of likely N-dealkylation sites (N-methyl/N-ethyl adjacent to an activating group) is 1. The molecule has 1 fully saturated rings. The number of hydrogen-bond donors (Lipinski definition) is 0. The Morgan fingerprint density at radius 2 is 2.05 bits per heavy atom. The van der Waals surface area contributed by atoms with Crippen molar-refractivity contribution in [2.45, 2.75) is 45.1 Å². The molecule has 1 aromatic rings. The third-order valence-corrected chi connectivity index (χ3v) is 3.66. The predicted octanol–water partition coefficient (Wildman–Crippen LogP) is 3.31. The Bertz CT molecular complexity index is 425. The number of carbonyl (C=O) groups excluding carboxylic acids is 1. The molecule has 0 bridgehead atoms. The molecule has 1 aliphatic rings. The topological polar surface area (TPSA) is 29.5 Å². The van der Waals surface area contributed by atoms with Gasteiger partial charge in [0.1, 0.15) is 12.6 Å². The van der Waals surface area contributed by atoms with E-state index in [-0.39, 0.29) is 12.1 Å². The molecule has 0 aromatic heterocycles. The summed E-state index contributed by atoms with van der Waals surface area (Å²) in [7, 11) is 1.93. The fourth-order valence-electron chi connectivity index (χ4n) is 2.56. The van der Waals surface area contributed by atoms with Crippen molar-refractivity contribution in [2.75, 3.05) is 18.5 Å². The highest BCUT2D eigenvalue weighted by Crippen LogP contribution is 2.21. The standard InChI is InChI=1S/C16H23NO2/c1-13-7-6-8-14(11-13)17(2)12-16(18)19-15-9-4-3-5-10-15/h6-8,11,15H,3-5,9-10,12H2,1-2H3. The number of anilines is 1. The third kappa shape index (κ3) is 4.27. The van der Waals surface area contributed by atoms with Crippen molar-refractivity contribution in [3.05, 3.63) is 29.8 Å². The van der Waals surface area contributed by atoms with E-state index in [9.17, 15) is 4.79 Å². The third-order valence-electron chi connectivity index (χ3n) is 3.66. The number of nitrogens with zero attached hydrogens (tertiary/aromatic N) is 1. The fraction of sp³-hybridized carbons (Fsp3) is 0.562. The average molecular weight is 261 g/mol. The van der Waals surface area contributed by atoms with Crippen molar-refractivity contribution in [3.8, 4) is 0 Å². The van der Waals surface area contributed by atoms with Gasteiger partial charge in [0, 0.05) is 12.7 Å². The van der Waals surface area contributed by atoms with Crippen molar-refractivity contribution in [1.82, 2.24) is 0 Å². The molecule has 0 saturated heterocycles. The summed E-state index contributed by atoms with van der Waals surface area (Å²) >= 11 is 0. The Hall–Kier alpha value is -1.51. The van der Waals surface area contributed by atoms with Gasteiger partial charge in [-0.2, -0.15) is 0 Å². The molecule has 0 spiro atoms. The Balaban J connectivity index is 1.84. The Labute approximate surface area is 115 Å². The van der Waals surface area contributed by atoms with Gasteiger partial charge in [-0.3, -0.25) is 4.79 Å². The van der Waals surface area contributed by atoms with Gasteiger partial charge in [0.15, 0.2) is 0 Å². The Kier molecular flexibility index (Phi) is 4.83. The summed E-state index contributed by atoms with van der Waals surface area (Å²) in [5.41, 5.74) is 2.26. The van der Waals surface area contributed by atoms with E-state index in [0.717, 1.165) is 18.5 Å². The van der Waals surface area contributed by atoms with Crippen LogP contribution in [0.2, 0.25) is 0 Å². The fourth-order valence-corrected chi connectivity index (χ4v) is 2.56. The maximum absolute atomic E-state index is 11.9. The number of esters is 1. The zero-order valence-corrected chi connectivity index (χ0v) is 11.9. The second-order valence-corrected chi connectivity index (χ2v) is 5.44. The number of hydrogen-bond acceptors (Lipinski definition) is 3. The summed E-state index contributed by atoms with van der Waals surface area (Å²) < 4.78 is 5.53. The van der Waals surface area contributed by atoms with Crippen LogP contribution >= 0.6 is 0 Å². The molecule has 1 aliphatic carbocycles. The Morgan fingerprint density at radius 1 is 1.32 bits per heavy atom. The summed E-state index contributed by atoms with van der Waals surface area (Å²) in [6, 6.07) is 8.15. The molecule has 2 rings (SSSR count). The zero-order valence-electron chi connectivity index (χ0n) is 11.9. The van der Waals surface area contributed by atoms with E-state index in [1.807, 2.05) is 24.1 Å². The highest BCUT2D eigenvalue weighted by atomic mass is 16.5. The van der Waals surface area contributed by atoms with Crippen molar-refractivity contribution >= 4 is 11.7 Å². The first kappa shape index (κ1) is 13.9. The molecule has 19 heavy (non-hydrogen) atoms. The molecule has 0 heterocycles. The van der Waals surface area contributed by atoms with E-state index in [0.29, 0.717) is 6.54 Å². The van der Waals surface area contributed by atoms with Gasteiger partial charge >= 0.3 is 5.97 Å². The summed E-state index contributed by atoms with van der Waals surface area (Å²) in [6.45, 7) is 2.37. The van der Waals surface area contributed by atoms with Crippen LogP contribution in [0.4, 0.5) is 5.69 Å². The van der Waals surface area contributed by atoms with E-state index in [1.54, 1.807) is 0 Å². The first-order chi connectivity index (χ1) is 9.15. The second kappa shape index (κ2) is 6.60. The summed E-state index contributed by atoms with van der Waals surface area (Å²) in [6.07, 6.45) is 5.85. The van der Waals surface area contributed by atoms with E-state index < -0.39 is 0 Å². The molecular weight excluding hydrogens is 238 g/mol. The van der Waals surface area contributed by atoms with Gasteiger partial charge in [-0.15, -0.1) is 0 Å². The smallest absolute Gasteiger partial charge is 0.325 e. The van der Waals surface area contributed by atoms with Crippen LogP contribution in [0.3, 0.4) is 0 Å². The van der Waals surface area contributed by atoms with Gasteiger partial charge in [0.25, 0.3) is 0 Å². The number of rotatable bonds is 4. The molecule has 0 aliphatic heterocycles. The Morgan fingerprint density at radius 3 is 2.74 bits per heavy atom. The first-order valence-electron chi connectivity index (χ1n) is 7.12. The molecular formula is C16H23NO2. The van der Waals surface area contributed by atoms with Gasteiger partial charge in [0.05, 0.1) is 0 Å². The minimum Gasteiger partial charge on any atom is -0.461 e. The summed E-state index contributed by atoms with van der Waals surface area (Å²) in [5, 5.41) is 0. The molecule has 0 unspecified atom stereocenters. The normalized spacial score (nSPS) is 16.1. The molecule has 0 N–H and O–H groups in total. The maximum Gasteiger partial charge on any atom is 0.325 e.